The summed E-state index contributed by atoms with van der Waals surface area (Å²) in [6, 6.07) is 15.3. The van der Waals surface area contributed by atoms with Crippen LogP contribution in [0.1, 0.15) is 53.2 Å². The first-order valence-electron chi connectivity index (χ1n) is 10.1. The topological polar surface area (TPSA) is 75.4 Å². The molecule has 1 saturated heterocycles. The second-order valence-corrected chi connectivity index (χ2v) is 7.87. The van der Waals surface area contributed by atoms with Gasteiger partial charge in [-0.3, -0.25) is 9.59 Å². The van der Waals surface area contributed by atoms with E-state index in [9.17, 15) is 9.59 Å². The SMILES string of the molecule is Nc1ccc2c(c1)CCCC2NC(=O)C1CCCN(C(=O)c2ccccc2)C1. The minimum Gasteiger partial charge on any atom is -0.399 e. The van der Waals surface area contributed by atoms with E-state index < -0.39 is 0 Å². The summed E-state index contributed by atoms with van der Waals surface area (Å²) in [4.78, 5) is 27.5. The van der Waals surface area contributed by atoms with Gasteiger partial charge in [0, 0.05) is 24.3 Å². The predicted octanol–water partition coefficient (Wildman–Crippen LogP) is 3.31. The molecular formula is C23H27N3O2. The predicted molar refractivity (Wildman–Crippen MR) is 110 cm³/mol. The molecule has 146 valence electrons. The number of anilines is 1. The molecule has 2 atom stereocenters. The minimum absolute atomic E-state index is 0.0107. The Bertz CT molecular complexity index is 865. The number of carbonyl (C=O) groups is 2. The molecule has 28 heavy (non-hydrogen) atoms. The summed E-state index contributed by atoms with van der Waals surface area (Å²) < 4.78 is 0. The Kier molecular flexibility index (Phi) is 5.33. The third-order valence-electron chi connectivity index (χ3n) is 5.90. The van der Waals surface area contributed by atoms with Crippen molar-refractivity contribution < 1.29 is 9.59 Å². The summed E-state index contributed by atoms with van der Waals surface area (Å²) >= 11 is 0. The van der Waals surface area contributed by atoms with Gasteiger partial charge < -0.3 is 16.0 Å². The van der Waals surface area contributed by atoms with Crippen molar-refractivity contribution in [2.45, 2.75) is 38.1 Å². The minimum atomic E-state index is -0.152. The maximum Gasteiger partial charge on any atom is 0.253 e. The van der Waals surface area contributed by atoms with E-state index in [1.165, 1.54) is 11.1 Å². The van der Waals surface area contributed by atoms with E-state index >= 15 is 0 Å². The number of amides is 2. The van der Waals surface area contributed by atoms with E-state index in [0.29, 0.717) is 18.7 Å². The van der Waals surface area contributed by atoms with E-state index in [2.05, 4.69) is 5.32 Å². The fraction of sp³-hybridized carbons (Fsp3) is 0.391. The van der Waals surface area contributed by atoms with Gasteiger partial charge in [-0.25, -0.2) is 0 Å². The van der Waals surface area contributed by atoms with Crippen molar-refractivity contribution in [1.29, 1.82) is 0 Å². The highest BCUT2D eigenvalue weighted by Crippen LogP contribution is 2.31. The number of hydrogen-bond acceptors (Lipinski definition) is 3. The van der Waals surface area contributed by atoms with Gasteiger partial charge in [-0.15, -0.1) is 0 Å². The van der Waals surface area contributed by atoms with Crippen molar-refractivity contribution in [3.8, 4) is 0 Å². The first-order valence-corrected chi connectivity index (χ1v) is 10.1. The van der Waals surface area contributed by atoms with E-state index in [1.54, 1.807) is 0 Å². The number of nitrogens with zero attached hydrogens (tertiary/aromatic N) is 1. The molecule has 2 aromatic carbocycles. The lowest BCUT2D eigenvalue weighted by Gasteiger charge is -2.34. The zero-order valence-corrected chi connectivity index (χ0v) is 16.1. The van der Waals surface area contributed by atoms with Gasteiger partial charge in [-0.2, -0.15) is 0 Å². The second-order valence-electron chi connectivity index (χ2n) is 7.87. The third-order valence-corrected chi connectivity index (χ3v) is 5.90. The number of hydrogen-bond donors (Lipinski definition) is 2. The number of nitrogen functional groups attached to an aromatic ring is 1. The second kappa shape index (κ2) is 8.05. The van der Waals surface area contributed by atoms with Crippen LogP contribution in [0.3, 0.4) is 0 Å². The molecule has 2 unspecified atom stereocenters. The molecule has 3 N–H and O–H groups in total. The summed E-state index contributed by atoms with van der Waals surface area (Å²) in [5.41, 5.74) is 9.79. The highest BCUT2D eigenvalue weighted by molar-refractivity contribution is 5.94. The Labute approximate surface area is 165 Å². The first-order chi connectivity index (χ1) is 13.6. The van der Waals surface area contributed by atoms with E-state index in [1.807, 2.05) is 53.4 Å². The standard InChI is InChI=1S/C23H27N3O2/c24-19-11-12-20-17(14-19)8-4-10-21(20)25-22(27)18-9-5-13-26(15-18)23(28)16-6-2-1-3-7-16/h1-3,6-7,11-12,14,18,21H,4-5,8-10,13,15,24H2,(H,25,27). The monoisotopic (exact) mass is 377 g/mol. The fourth-order valence-corrected chi connectivity index (χ4v) is 4.41. The van der Waals surface area contributed by atoms with Gasteiger partial charge in [0.2, 0.25) is 5.91 Å². The van der Waals surface area contributed by atoms with E-state index in [-0.39, 0.29) is 23.8 Å². The number of piperidine rings is 1. The molecule has 0 saturated carbocycles. The van der Waals surface area contributed by atoms with Crippen LogP contribution in [0.4, 0.5) is 5.69 Å². The Balaban J connectivity index is 1.42. The van der Waals surface area contributed by atoms with Crippen molar-refractivity contribution in [2.75, 3.05) is 18.8 Å². The molecule has 0 radical (unpaired) electrons. The largest absolute Gasteiger partial charge is 0.399 e. The van der Waals surface area contributed by atoms with Crippen molar-refractivity contribution >= 4 is 17.5 Å². The molecule has 2 aliphatic rings. The third kappa shape index (κ3) is 3.88. The number of nitrogens with one attached hydrogen (secondary N) is 1. The molecule has 4 rings (SSSR count). The van der Waals surface area contributed by atoms with Gasteiger partial charge in [0.05, 0.1) is 12.0 Å². The number of carbonyl (C=O) groups excluding carboxylic acids is 2. The van der Waals surface area contributed by atoms with Crippen molar-refractivity contribution in [1.82, 2.24) is 10.2 Å². The molecule has 1 aliphatic heterocycles. The van der Waals surface area contributed by atoms with Crippen molar-refractivity contribution in [3.63, 3.8) is 0 Å². The Hall–Kier alpha value is -2.82. The number of aryl methyl sites for hydroxylation is 1. The van der Waals surface area contributed by atoms with Gasteiger partial charge in [-0.1, -0.05) is 24.3 Å². The van der Waals surface area contributed by atoms with E-state index in [0.717, 1.165) is 37.8 Å². The number of rotatable bonds is 3. The molecule has 2 amide bonds. The molecular weight excluding hydrogens is 350 g/mol. The summed E-state index contributed by atoms with van der Waals surface area (Å²) in [6.07, 6.45) is 4.68. The summed E-state index contributed by atoms with van der Waals surface area (Å²) in [5.74, 6) is -0.0857. The molecule has 1 fully saturated rings. The molecule has 2 aromatic rings. The molecule has 0 bridgehead atoms. The lowest BCUT2D eigenvalue weighted by Crippen LogP contribution is -2.46. The molecule has 0 aromatic heterocycles. The molecule has 0 spiro atoms. The summed E-state index contributed by atoms with van der Waals surface area (Å²) in [6.45, 7) is 1.20. The van der Waals surface area contributed by atoms with Gasteiger partial charge in [0.15, 0.2) is 0 Å². The average Bonchev–Trinajstić information content (AvgIpc) is 2.74. The summed E-state index contributed by atoms with van der Waals surface area (Å²) in [5, 5.41) is 3.25. The zero-order valence-electron chi connectivity index (χ0n) is 16.1. The lowest BCUT2D eigenvalue weighted by atomic mass is 9.86. The van der Waals surface area contributed by atoms with Crippen LogP contribution in [-0.2, 0) is 11.2 Å². The van der Waals surface area contributed by atoms with Crippen LogP contribution >= 0.6 is 0 Å². The quantitative estimate of drug-likeness (QED) is 0.806. The normalized spacial score (nSPS) is 21.6. The Morgan fingerprint density at radius 1 is 1.04 bits per heavy atom. The lowest BCUT2D eigenvalue weighted by molar-refractivity contribution is -0.127. The molecule has 5 heteroatoms. The van der Waals surface area contributed by atoms with Crippen LogP contribution < -0.4 is 11.1 Å². The van der Waals surface area contributed by atoms with Gasteiger partial charge >= 0.3 is 0 Å². The van der Waals surface area contributed by atoms with Crippen LogP contribution in [-0.4, -0.2) is 29.8 Å². The van der Waals surface area contributed by atoms with Crippen LogP contribution in [0.15, 0.2) is 48.5 Å². The smallest absolute Gasteiger partial charge is 0.253 e. The average molecular weight is 377 g/mol. The number of fused-ring (bicyclic) bond motifs is 1. The maximum absolute atomic E-state index is 13.0. The number of nitrogens with two attached hydrogens (primary N) is 1. The zero-order chi connectivity index (χ0) is 19.5. The number of likely N-dealkylation sites (tertiary alicyclic amines) is 1. The van der Waals surface area contributed by atoms with Gasteiger partial charge in [0.1, 0.15) is 0 Å². The van der Waals surface area contributed by atoms with Crippen LogP contribution in [0.25, 0.3) is 0 Å². The molecule has 1 aliphatic carbocycles. The summed E-state index contributed by atoms with van der Waals surface area (Å²) in [7, 11) is 0. The Morgan fingerprint density at radius 2 is 1.86 bits per heavy atom. The van der Waals surface area contributed by atoms with Gasteiger partial charge in [-0.05, 0) is 67.5 Å². The number of benzene rings is 2. The molecule has 5 nitrogen and oxygen atoms in total. The fourth-order valence-electron chi connectivity index (χ4n) is 4.41. The first kappa shape index (κ1) is 18.5. The van der Waals surface area contributed by atoms with Gasteiger partial charge in [0.25, 0.3) is 5.91 Å². The maximum atomic E-state index is 13.0. The van der Waals surface area contributed by atoms with Crippen LogP contribution in [0, 0.1) is 5.92 Å². The van der Waals surface area contributed by atoms with E-state index in [4.69, 9.17) is 5.73 Å². The van der Waals surface area contributed by atoms with Crippen molar-refractivity contribution in [3.05, 3.63) is 65.2 Å². The highest BCUT2D eigenvalue weighted by Gasteiger charge is 2.31. The van der Waals surface area contributed by atoms with Crippen molar-refractivity contribution in [2.24, 2.45) is 5.92 Å². The molecule has 1 heterocycles. The van der Waals surface area contributed by atoms with Crippen LogP contribution in [0.2, 0.25) is 0 Å². The van der Waals surface area contributed by atoms with Crippen LogP contribution in [0.5, 0.6) is 0 Å². The highest BCUT2D eigenvalue weighted by atomic mass is 16.2. The Morgan fingerprint density at radius 3 is 2.68 bits per heavy atom.